The van der Waals surface area contributed by atoms with E-state index < -0.39 is 25.0 Å². The average Bonchev–Trinajstić information content (AvgIpc) is 2.81. The largest absolute Gasteiger partial charge is 0.488 e. The van der Waals surface area contributed by atoms with Gasteiger partial charge in [-0.3, -0.25) is 19.2 Å². The number of aliphatic carboxylic acids is 2. The van der Waals surface area contributed by atoms with E-state index in [1.807, 2.05) is 19.9 Å². The summed E-state index contributed by atoms with van der Waals surface area (Å²) in [5.41, 5.74) is 2.56. The van der Waals surface area contributed by atoms with Crippen molar-refractivity contribution in [1.82, 2.24) is 0 Å². The molecule has 0 fully saturated rings. The molecule has 0 heterocycles. The summed E-state index contributed by atoms with van der Waals surface area (Å²) in [5, 5.41) is 18.4. The molecule has 0 atom stereocenters. The number of hydrogen-bond acceptors (Lipinski definition) is 10. The van der Waals surface area contributed by atoms with Crippen molar-refractivity contribution in [3.8, 4) is 11.5 Å². The predicted molar refractivity (Wildman–Crippen MR) is 127 cm³/mol. The second-order valence-corrected chi connectivity index (χ2v) is 7.61. The molecular weight excluding hydrogens is 476 g/mol. The number of benzene rings is 2. The van der Waals surface area contributed by atoms with E-state index >= 15 is 0 Å². The van der Waals surface area contributed by atoms with Crippen molar-refractivity contribution in [3.05, 3.63) is 47.5 Å². The molecule has 36 heavy (non-hydrogen) atoms. The van der Waals surface area contributed by atoms with Crippen LogP contribution in [0.15, 0.2) is 36.4 Å². The summed E-state index contributed by atoms with van der Waals surface area (Å²) in [6.45, 7) is 2.95. The molecule has 0 amide bonds. The van der Waals surface area contributed by atoms with Crippen molar-refractivity contribution in [1.29, 1.82) is 0 Å². The molecule has 0 aromatic heterocycles. The van der Waals surface area contributed by atoms with Crippen LogP contribution in [0.3, 0.4) is 0 Å². The summed E-state index contributed by atoms with van der Waals surface area (Å²) in [7, 11) is 0. The lowest BCUT2D eigenvalue weighted by molar-refractivity contribution is -0.136. The molecule has 2 rings (SSSR count). The minimum absolute atomic E-state index is 0.0491. The van der Waals surface area contributed by atoms with Crippen molar-refractivity contribution in [3.63, 3.8) is 0 Å². The fraction of sp³-hybridized carbons (Fsp3) is 0.333. The molecule has 0 aliphatic heterocycles. The minimum atomic E-state index is -1.18. The number of carbonyl (C=O) groups excluding carboxylic acids is 2. The third-order valence-corrected chi connectivity index (χ3v) is 4.76. The second kappa shape index (κ2) is 14.0. The number of rotatable bonds is 17. The number of carboxylic acids is 2. The van der Waals surface area contributed by atoms with Crippen molar-refractivity contribution in [2.75, 3.05) is 49.6 Å². The Balaban J connectivity index is 2.16. The summed E-state index contributed by atoms with van der Waals surface area (Å²) >= 11 is 0. The first kappa shape index (κ1) is 27.8. The van der Waals surface area contributed by atoms with E-state index in [0.29, 0.717) is 22.9 Å². The molecular formula is C24H28N2O10. The van der Waals surface area contributed by atoms with Gasteiger partial charge in [0.25, 0.3) is 12.9 Å². The smallest absolute Gasteiger partial charge is 0.323 e. The van der Waals surface area contributed by atoms with Gasteiger partial charge in [-0.2, -0.15) is 0 Å². The van der Waals surface area contributed by atoms with Gasteiger partial charge in [-0.05, 0) is 49.2 Å². The van der Waals surface area contributed by atoms with Gasteiger partial charge in [-0.1, -0.05) is 12.1 Å². The molecule has 0 radical (unpaired) electrons. The lowest BCUT2D eigenvalue weighted by Crippen LogP contribution is -2.34. The van der Waals surface area contributed by atoms with Crippen LogP contribution in [0.5, 0.6) is 11.5 Å². The van der Waals surface area contributed by atoms with Gasteiger partial charge in [0.1, 0.15) is 37.8 Å². The topological polar surface area (TPSA) is 152 Å². The van der Waals surface area contributed by atoms with E-state index in [0.717, 1.165) is 11.1 Å². The number of ether oxygens (including phenoxy) is 4. The molecule has 2 aromatic rings. The molecule has 0 unspecified atom stereocenters. The quantitative estimate of drug-likeness (QED) is 0.183. The first-order chi connectivity index (χ1) is 17.2. The number of nitrogens with zero attached hydrogens (tertiary/aromatic N) is 2. The summed E-state index contributed by atoms with van der Waals surface area (Å²) in [4.78, 5) is 46.5. The van der Waals surface area contributed by atoms with E-state index in [9.17, 15) is 29.4 Å². The number of aryl methyl sites for hydroxylation is 2. The third kappa shape index (κ3) is 8.70. The summed E-state index contributed by atoms with van der Waals surface area (Å²) in [6, 6.07) is 10.3. The highest BCUT2D eigenvalue weighted by Gasteiger charge is 2.19. The van der Waals surface area contributed by atoms with Crippen LogP contribution < -0.4 is 19.3 Å². The molecule has 12 heteroatoms. The zero-order chi connectivity index (χ0) is 26.5. The Labute approximate surface area is 207 Å². The van der Waals surface area contributed by atoms with Gasteiger partial charge in [0.05, 0.1) is 11.4 Å². The normalized spacial score (nSPS) is 10.2. The Morgan fingerprint density at radius 3 is 1.56 bits per heavy atom. The average molecular weight is 504 g/mol. The molecule has 0 saturated heterocycles. The van der Waals surface area contributed by atoms with Crippen LogP contribution in [0.25, 0.3) is 0 Å². The maximum absolute atomic E-state index is 11.3. The standard InChI is InChI=1S/C24H28N2O10/c1-17-3-5-19(25(11-23(29)30)12-24(31)32)21(9-17)35-7-8-36-22-10-18(2)4-6-20(22)26(13-33-15-27)14-34-16-28/h3-6,9-10,15-16H,7-8,11-14H2,1-2H3,(H,29,30)(H,31,32). The minimum Gasteiger partial charge on any atom is -0.488 e. The molecule has 2 N–H and O–H groups in total. The lowest BCUT2D eigenvalue weighted by atomic mass is 10.2. The first-order valence-electron chi connectivity index (χ1n) is 10.8. The molecule has 0 saturated carbocycles. The molecule has 2 aromatic carbocycles. The molecule has 0 bridgehead atoms. The van der Waals surface area contributed by atoms with Crippen LogP contribution in [0, 0.1) is 13.8 Å². The molecule has 0 aliphatic carbocycles. The Kier molecular flexibility index (Phi) is 10.8. The molecule has 194 valence electrons. The van der Waals surface area contributed by atoms with E-state index in [4.69, 9.17) is 18.9 Å². The van der Waals surface area contributed by atoms with Crippen molar-refractivity contribution >= 4 is 36.3 Å². The van der Waals surface area contributed by atoms with Gasteiger partial charge >= 0.3 is 11.9 Å². The van der Waals surface area contributed by atoms with Crippen molar-refractivity contribution < 1.29 is 48.3 Å². The van der Waals surface area contributed by atoms with E-state index in [1.54, 1.807) is 30.3 Å². The monoisotopic (exact) mass is 504 g/mol. The highest BCUT2D eigenvalue weighted by atomic mass is 16.6. The SMILES string of the molecule is Cc1ccc(N(COC=O)COC=O)c(OCCOc2cc(C)ccc2N(CC(=O)O)CC(=O)O)c1. The fourth-order valence-electron chi connectivity index (χ4n) is 3.27. The lowest BCUT2D eigenvalue weighted by Gasteiger charge is -2.25. The van der Waals surface area contributed by atoms with Crippen molar-refractivity contribution in [2.24, 2.45) is 0 Å². The molecule has 0 spiro atoms. The van der Waals surface area contributed by atoms with Gasteiger partial charge in [-0.25, -0.2) is 0 Å². The van der Waals surface area contributed by atoms with Gasteiger partial charge < -0.3 is 39.0 Å². The van der Waals surface area contributed by atoms with Crippen molar-refractivity contribution in [2.45, 2.75) is 13.8 Å². The number of hydrogen-bond donors (Lipinski definition) is 2. The zero-order valence-corrected chi connectivity index (χ0v) is 19.9. The van der Waals surface area contributed by atoms with Gasteiger partial charge in [-0.15, -0.1) is 0 Å². The highest BCUT2D eigenvalue weighted by molar-refractivity contribution is 5.81. The van der Waals surface area contributed by atoms with Crippen LogP contribution >= 0.6 is 0 Å². The maximum Gasteiger partial charge on any atom is 0.323 e. The summed E-state index contributed by atoms with van der Waals surface area (Å²) < 4.78 is 21.3. The van der Waals surface area contributed by atoms with E-state index in [1.165, 1.54) is 9.80 Å². The van der Waals surface area contributed by atoms with E-state index in [2.05, 4.69) is 0 Å². The summed E-state index contributed by atoms with van der Waals surface area (Å²) in [5.74, 6) is -1.63. The Morgan fingerprint density at radius 2 is 1.17 bits per heavy atom. The van der Waals surface area contributed by atoms with Gasteiger partial charge in [0.2, 0.25) is 0 Å². The van der Waals surface area contributed by atoms with Gasteiger partial charge in [0.15, 0.2) is 13.5 Å². The molecule has 12 nitrogen and oxygen atoms in total. The van der Waals surface area contributed by atoms with Crippen LogP contribution in [-0.2, 0) is 28.7 Å². The summed E-state index contributed by atoms with van der Waals surface area (Å²) in [6.07, 6.45) is 0. The van der Waals surface area contributed by atoms with Gasteiger partial charge in [0, 0.05) is 0 Å². The van der Waals surface area contributed by atoms with Crippen LogP contribution in [0.4, 0.5) is 11.4 Å². The third-order valence-electron chi connectivity index (χ3n) is 4.76. The van der Waals surface area contributed by atoms with Crippen LogP contribution in [0.1, 0.15) is 11.1 Å². The fourth-order valence-corrected chi connectivity index (χ4v) is 3.27. The second-order valence-electron chi connectivity index (χ2n) is 7.61. The first-order valence-corrected chi connectivity index (χ1v) is 10.8. The Hall–Kier alpha value is -4.48. The predicted octanol–water partition coefficient (Wildman–Crippen LogP) is 1.80. The van der Waals surface area contributed by atoms with Crippen LogP contribution in [0.2, 0.25) is 0 Å². The zero-order valence-electron chi connectivity index (χ0n) is 19.9. The van der Waals surface area contributed by atoms with E-state index in [-0.39, 0.29) is 39.6 Å². The Morgan fingerprint density at radius 1 is 0.750 bits per heavy atom. The number of anilines is 2. The van der Waals surface area contributed by atoms with Crippen LogP contribution in [-0.4, -0.2) is 74.9 Å². The number of carbonyl (C=O) groups is 4. The highest BCUT2D eigenvalue weighted by Crippen LogP contribution is 2.31. The molecule has 0 aliphatic rings. The number of carboxylic acid groups (broad SMARTS) is 2. The maximum atomic E-state index is 11.3. The Bertz CT molecular complexity index is 1030.